The van der Waals surface area contributed by atoms with E-state index in [0.29, 0.717) is 0 Å². The first-order valence-electron chi connectivity index (χ1n) is 6.41. The Morgan fingerprint density at radius 1 is 1.22 bits per heavy atom. The van der Waals surface area contributed by atoms with Crippen molar-refractivity contribution in [2.24, 2.45) is 0 Å². The summed E-state index contributed by atoms with van der Waals surface area (Å²) in [6.45, 7) is 0.0753. The van der Waals surface area contributed by atoms with E-state index in [2.05, 4.69) is 10.3 Å². The number of hydrogen-bond donors (Lipinski definition) is 2. The molecule has 0 radical (unpaired) electrons. The molecule has 1 aromatic carbocycles. The molecule has 1 unspecified atom stereocenters. The van der Waals surface area contributed by atoms with Crippen molar-refractivity contribution in [1.29, 1.82) is 0 Å². The molecule has 2 rings (SSSR count). The van der Waals surface area contributed by atoms with Crippen LogP contribution in [0, 0.1) is 0 Å². The minimum atomic E-state index is -4.02. The minimum absolute atomic E-state index is 0. The van der Waals surface area contributed by atoms with Crippen molar-refractivity contribution in [2.45, 2.75) is 6.61 Å². The molecule has 0 saturated carbocycles. The number of aromatic nitrogens is 1. The zero-order valence-corrected chi connectivity index (χ0v) is 12.5. The predicted molar refractivity (Wildman–Crippen MR) is 86.5 cm³/mol. The number of nitrogens with one attached hydrogen (secondary N) is 1. The second kappa shape index (κ2) is 9.70. The van der Waals surface area contributed by atoms with Gasteiger partial charge >= 0.3 is 43.2 Å². The summed E-state index contributed by atoms with van der Waals surface area (Å²) in [6, 6.07) is 12.1. The van der Waals surface area contributed by atoms with Crippen LogP contribution in [-0.2, 0) is 15.9 Å². The van der Waals surface area contributed by atoms with Crippen molar-refractivity contribution in [2.75, 3.05) is 6.29 Å². The van der Waals surface area contributed by atoms with E-state index in [1.807, 2.05) is 18.2 Å². The normalized spacial score (nSPS) is 12.4. The number of rotatable bonds is 6. The van der Waals surface area contributed by atoms with Gasteiger partial charge in [-0.15, -0.1) is 0 Å². The van der Waals surface area contributed by atoms with Crippen LogP contribution in [0.1, 0.15) is 5.56 Å². The first kappa shape index (κ1) is 19.7. The van der Waals surface area contributed by atoms with E-state index in [-0.39, 0.29) is 41.9 Å². The van der Waals surface area contributed by atoms with Gasteiger partial charge in [0.1, 0.15) is 18.6 Å². The molecular weight excluding hydrogens is 330 g/mol. The number of nitrogens with zero attached hydrogens (tertiary/aromatic N) is 1. The van der Waals surface area contributed by atoms with Gasteiger partial charge in [0.05, 0.1) is 6.20 Å². The van der Waals surface area contributed by atoms with E-state index in [1.165, 1.54) is 18.5 Å². The molecule has 0 saturated heterocycles. The second-order valence-corrected chi connectivity index (χ2v) is 6.09. The van der Waals surface area contributed by atoms with Crippen LogP contribution in [0.5, 0.6) is 5.75 Å². The summed E-state index contributed by atoms with van der Waals surface area (Å²) in [5.74, 6) is 0.146. The fourth-order valence-corrected chi connectivity index (χ4v) is 2.37. The Kier molecular flexibility index (Phi) is 8.30. The van der Waals surface area contributed by atoms with Gasteiger partial charge in [-0.25, -0.2) is 9.36 Å². The topological polar surface area (TPSA) is 97.8 Å². The standard InChI is InChI=1S/C14H15N2O5P.Na.H/c17-14(20-10-12-5-2-1-3-6-12)16-11-22(18,19)21-13-7-4-8-15-9-13;;/h1-9H,10-11H2,(H,16,17)(H,18,19);;. The first-order valence-corrected chi connectivity index (χ1v) is 8.17. The van der Waals surface area contributed by atoms with Crippen molar-refractivity contribution in [3.8, 4) is 5.75 Å². The van der Waals surface area contributed by atoms with E-state index < -0.39 is 20.0 Å². The van der Waals surface area contributed by atoms with Crippen LogP contribution in [0.4, 0.5) is 4.79 Å². The molecule has 1 atom stereocenters. The van der Waals surface area contributed by atoms with Crippen LogP contribution >= 0.6 is 7.60 Å². The molecule has 1 aromatic heterocycles. The fraction of sp³-hybridized carbons (Fsp3) is 0.143. The zero-order valence-electron chi connectivity index (χ0n) is 11.6. The Balaban J connectivity index is 0.00000264. The number of hydrogen-bond acceptors (Lipinski definition) is 5. The summed E-state index contributed by atoms with van der Waals surface area (Å²) in [7, 11) is -4.02. The predicted octanol–water partition coefficient (Wildman–Crippen LogP) is 1.88. The molecule has 7 nitrogen and oxygen atoms in total. The van der Waals surface area contributed by atoms with E-state index in [4.69, 9.17) is 9.26 Å². The van der Waals surface area contributed by atoms with Crippen LogP contribution in [0.2, 0.25) is 0 Å². The van der Waals surface area contributed by atoms with E-state index >= 15 is 0 Å². The van der Waals surface area contributed by atoms with Crippen molar-refractivity contribution >= 4 is 43.2 Å². The number of benzene rings is 1. The van der Waals surface area contributed by atoms with Crippen LogP contribution in [-0.4, -0.2) is 51.8 Å². The number of amides is 1. The number of ether oxygens (including phenoxy) is 1. The number of carbonyl (C=O) groups is 1. The molecule has 0 spiro atoms. The molecule has 0 aliphatic rings. The molecule has 0 bridgehead atoms. The van der Waals surface area contributed by atoms with Gasteiger partial charge in [-0.3, -0.25) is 4.98 Å². The summed E-state index contributed by atoms with van der Waals surface area (Å²) >= 11 is 0. The third-order valence-electron chi connectivity index (χ3n) is 2.52. The van der Waals surface area contributed by atoms with Crippen molar-refractivity contribution in [1.82, 2.24) is 10.3 Å². The molecule has 9 heteroatoms. The fourth-order valence-electron chi connectivity index (χ4n) is 1.54. The van der Waals surface area contributed by atoms with Gasteiger partial charge in [-0.05, 0) is 17.7 Å². The average molecular weight is 346 g/mol. The van der Waals surface area contributed by atoms with Crippen molar-refractivity contribution < 1.29 is 23.5 Å². The van der Waals surface area contributed by atoms with Gasteiger partial charge in [0.15, 0.2) is 0 Å². The summed E-state index contributed by atoms with van der Waals surface area (Å²) in [6.07, 6.45) is 1.45. The number of pyridine rings is 1. The molecule has 23 heavy (non-hydrogen) atoms. The van der Waals surface area contributed by atoms with Gasteiger partial charge in [0.2, 0.25) is 0 Å². The molecule has 1 heterocycles. The van der Waals surface area contributed by atoms with Crippen molar-refractivity contribution in [3.05, 3.63) is 60.4 Å². The second-order valence-electron chi connectivity index (χ2n) is 4.31. The van der Waals surface area contributed by atoms with Gasteiger partial charge < -0.3 is 19.5 Å². The Bertz CT molecular complexity index is 657. The van der Waals surface area contributed by atoms with E-state index in [9.17, 15) is 14.3 Å². The monoisotopic (exact) mass is 346 g/mol. The molecule has 0 aliphatic heterocycles. The Labute approximate surface area is 155 Å². The first-order chi connectivity index (χ1) is 10.6. The third kappa shape index (κ3) is 7.63. The SMILES string of the molecule is O=C(NCP(=O)(O)Oc1cccnc1)OCc1ccccc1.[NaH]. The maximum atomic E-state index is 11.8. The van der Waals surface area contributed by atoms with Crippen molar-refractivity contribution in [3.63, 3.8) is 0 Å². The molecule has 1 amide bonds. The summed E-state index contributed by atoms with van der Waals surface area (Å²) in [5.41, 5.74) is 0.816. The summed E-state index contributed by atoms with van der Waals surface area (Å²) in [5, 5.41) is 2.19. The third-order valence-corrected chi connectivity index (χ3v) is 3.57. The van der Waals surface area contributed by atoms with Crippen LogP contribution in [0.15, 0.2) is 54.9 Å². The molecule has 2 N–H and O–H groups in total. The van der Waals surface area contributed by atoms with Gasteiger partial charge in [0.25, 0.3) is 0 Å². The van der Waals surface area contributed by atoms with Gasteiger partial charge in [0, 0.05) is 6.20 Å². The van der Waals surface area contributed by atoms with Crippen LogP contribution in [0.3, 0.4) is 0 Å². The number of carbonyl (C=O) groups excluding carboxylic acids is 1. The zero-order chi connectivity index (χ0) is 15.8. The average Bonchev–Trinajstić information content (AvgIpc) is 2.53. The quantitative estimate of drug-likeness (QED) is 0.612. The summed E-state index contributed by atoms with van der Waals surface area (Å²) in [4.78, 5) is 24.9. The Hall–Kier alpha value is -1.37. The maximum absolute atomic E-state index is 11.8. The molecule has 0 fully saturated rings. The van der Waals surface area contributed by atoms with Gasteiger partial charge in [-0.2, -0.15) is 0 Å². The van der Waals surface area contributed by atoms with Crippen LogP contribution in [0.25, 0.3) is 0 Å². The Morgan fingerprint density at radius 2 is 1.96 bits per heavy atom. The molecule has 2 aromatic rings. The van der Waals surface area contributed by atoms with E-state index in [1.54, 1.807) is 18.2 Å². The van der Waals surface area contributed by atoms with Crippen LogP contribution < -0.4 is 9.84 Å². The van der Waals surface area contributed by atoms with E-state index in [0.717, 1.165) is 5.56 Å². The molecule has 0 aliphatic carbocycles. The summed E-state index contributed by atoms with van der Waals surface area (Å²) < 4.78 is 21.6. The number of alkyl carbamates (subject to hydrolysis) is 1. The molecule has 118 valence electrons. The van der Waals surface area contributed by atoms with Gasteiger partial charge in [-0.1, -0.05) is 30.3 Å². The Morgan fingerprint density at radius 3 is 2.61 bits per heavy atom. The molecular formula is C14H16N2NaO5P.